The van der Waals surface area contributed by atoms with E-state index in [1.807, 2.05) is 0 Å². The highest BCUT2D eigenvalue weighted by Crippen LogP contribution is 2.26. The molecule has 2 rings (SSSR count). The van der Waals surface area contributed by atoms with Crippen LogP contribution >= 0.6 is 46.4 Å². The van der Waals surface area contributed by atoms with Crippen molar-refractivity contribution in [2.75, 3.05) is 17.2 Å². The Balaban J connectivity index is 1.86. The maximum Gasteiger partial charge on any atom is 0.313 e. The highest BCUT2D eigenvalue weighted by molar-refractivity contribution is 6.43. The fourth-order valence-electron chi connectivity index (χ4n) is 1.79. The Bertz CT molecular complexity index is 874. The monoisotopic (exact) mass is 433 g/mol. The number of halogens is 4. The van der Waals surface area contributed by atoms with E-state index in [4.69, 9.17) is 46.4 Å². The summed E-state index contributed by atoms with van der Waals surface area (Å²) in [7, 11) is 0. The normalized spacial score (nSPS) is 10.2. The van der Waals surface area contributed by atoms with Crippen LogP contribution in [0.4, 0.5) is 11.4 Å². The van der Waals surface area contributed by atoms with E-state index in [1.54, 1.807) is 6.07 Å². The lowest BCUT2D eigenvalue weighted by Gasteiger charge is -2.09. The molecule has 0 aliphatic rings. The molecular formula is C16H11Cl4N3O3. The molecule has 0 aromatic heterocycles. The molecule has 0 spiro atoms. The smallest absolute Gasteiger partial charge is 0.313 e. The van der Waals surface area contributed by atoms with Crippen LogP contribution in [0.2, 0.25) is 20.1 Å². The zero-order chi connectivity index (χ0) is 19.3. The van der Waals surface area contributed by atoms with Gasteiger partial charge in [0.05, 0.1) is 27.3 Å². The fourth-order valence-corrected chi connectivity index (χ4v) is 2.43. The second-order valence-corrected chi connectivity index (χ2v) is 6.60. The second kappa shape index (κ2) is 9.09. The van der Waals surface area contributed by atoms with Gasteiger partial charge in [0.1, 0.15) is 0 Å². The molecule has 136 valence electrons. The van der Waals surface area contributed by atoms with Crippen molar-refractivity contribution in [1.29, 1.82) is 0 Å². The molecule has 0 saturated heterocycles. The van der Waals surface area contributed by atoms with E-state index < -0.39 is 24.3 Å². The molecule has 0 saturated carbocycles. The SMILES string of the molecule is O=C(CNC(=O)C(=O)Nc1ccc(Cl)c(Cl)c1)Nc1cc(Cl)ccc1Cl. The minimum atomic E-state index is -0.997. The largest absolute Gasteiger partial charge is 0.339 e. The Morgan fingerprint density at radius 3 is 2.15 bits per heavy atom. The third-order valence-electron chi connectivity index (χ3n) is 3.00. The molecule has 0 radical (unpaired) electrons. The van der Waals surface area contributed by atoms with E-state index in [-0.39, 0.29) is 15.7 Å². The van der Waals surface area contributed by atoms with Gasteiger partial charge in [0.15, 0.2) is 0 Å². The van der Waals surface area contributed by atoms with Crippen LogP contribution in [0.15, 0.2) is 36.4 Å². The Hall–Kier alpha value is -1.99. The Labute approximate surface area is 168 Å². The molecule has 6 nitrogen and oxygen atoms in total. The highest BCUT2D eigenvalue weighted by Gasteiger charge is 2.16. The van der Waals surface area contributed by atoms with Gasteiger partial charge in [0.25, 0.3) is 0 Å². The summed E-state index contributed by atoms with van der Waals surface area (Å²) in [6.45, 7) is -0.434. The van der Waals surface area contributed by atoms with Gasteiger partial charge >= 0.3 is 11.8 Å². The standard InChI is InChI=1S/C16H11Cl4N3O3/c17-8-1-3-11(19)13(5-8)23-14(24)7-21-15(25)16(26)22-9-2-4-10(18)12(20)6-9/h1-6H,7H2,(H,21,25)(H,22,26)(H,23,24). The van der Waals surface area contributed by atoms with E-state index in [2.05, 4.69) is 16.0 Å². The van der Waals surface area contributed by atoms with E-state index >= 15 is 0 Å². The lowest BCUT2D eigenvalue weighted by Crippen LogP contribution is -2.39. The molecule has 10 heteroatoms. The number of benzene rings is 2. The number of hydrogen-bond donors (Lipinski definition) is 3. The van der Waals surface area contributed by atoms with Gasteiger partial charge in [-0.15, -0.1) is 0 Å². The van der Waals surface area contributed by atoms with E-state index in [0.29, 0.717) is 15.7 Å². The molecule has 0 bridgehead atoms. The van der Waals surface area contributed by atoms with Gasteiger partial charge in [-0.1, -0.05) is 46.4 Å². The van der Waals surface area contributed by atoms with Crippen LogP contribution < -0.4 is 16.0 Å². The summed E-state index contributed by atoms with van der Waals surface area (Å²) in [5.74, 6) is -2.54. The molecule has 2 aromatic rings. The van der Waals surface area contributed by atoms with E-state index in [9.17, 15) is 14.4 Å². The number of carbonyl (C=O) groups is 3. The zero-order valence-electron chi connectivity index (χ0n) is 12.9. The molecule has 3 N–H and O–H groups in total. The number of nitrogens with one attached hydrogen (secondary N) is 3. The van der Waals surface area contributed by atoms with Crippen molar-refractivity contribution in [3.8, 4) is 0 Å². The number of rotatable bonds is 4. The third kappa shape index (κ3) is 5.78. The summed E-state index contributed by atoms with van der Waals surface area (Å²) in [5, 5.41) is 8.20. The molecule has 0 aliphatic carbocycles. The lowest BCUT2D eigenvalue weighted by atomic mass is 10.3. The van der Waals surface area contributed by atoms with Crippen LogP contribution in [0.1, 0.15) is 0 Å². The lowest BCUT2D eigenvalue weighted by molar-refractivity contribution is -0.136. The van der Waals surface area contributed by atoms with Crippen molar-refractivity contribution >= 4 is 75.5 Å². The summed E-state index contributed by atoms with van der Waals surface area (Å²) >= 11 is 23.3. The van der Waals surface area contributed by atoms with Crippen molar-refractivity contribution in [3.05, 3.63) is 56.5 Å². The van der Waals surface area contributed by atoms with Gasteiger partial charge < -0.3 is 16.0 Å². The van der Waals surface area contributed by atoms with Gasteiger partial charge in [-0.05, 0) is 36.4 Å². The molecule has 0 unspecified atom stereocenters. The van der Waals surface area contributed by atoms with Crippen LogP contribution in [-0.4, -0.2) is 24.3 Å². The van der Waals surface area contributed by atoms with Gasteiger partial charge in [0.2, 0.25) is 5.91 Å². The minimum absolute atomic E-state index is 0.225. The summed E-state index contributed by atoms with van der Waals surface area (Å²) < 4.78 is 0. The molecule has 2 aromatic carbocycles. The first-order valence-electron chi connectivity index (χ1n) is 7.05. The van der Waals surface area contributed by atoms with E-state index in [1.165, 1.54) is 30.3 Å². The zero-order valence-corrected chi connectivity index (χ0v) is 15.9. The number of amides is 3. The summed E-state index contributed by atoms with van der Waals surface area (Å²) in [5.41, 5.74) is 0.577. The average molecular weight is 435 g/mol. The molecule has 0 fully saturated rings. The predicted octanol–water partition coefficient (Wildman–Crippen LogP) is 3.99. The average Bonchev–Trinajstić information content (AvgIpc) is 2.59. The van der Waals surface area contributed by atoms with E-state index in [0.717, 1.165) is 0 Å². The van der Waals surface area contributed by atoms with Crippen LogP contribution in [0.5, 0.6) is 0 Å². The first-order valence-corrected chi connectivity index (χ1v) is 8.56. The molecular weight excluding hydrogens is 424 g/mol. The molecule has 26 heavy (non-hydrogen) atoms. The second-order valence-electron chi connectivity index (χ2n) is 4.94. The van der Waals surface area contributed by atoms with Crippen LogP contribution in [0.25, 0.3) is 0 Å². The first-order chi connectivity index (χ1) is 12.3. The van der Waals surface area contributed by atoms with Crippen molar-refractivity contribution in [1.82, 2.24) is 5.32 Å². The topological polar surface area (TPSA) is 87.3 Å². The summed E-state index contributed by atoms with van der Waals surface area (Å²) in [6.07, 6.45) is 0. The Morgan fingerprint density at radius 2 is 1.46 bits per heavy atom. The summed E-state index contributed by atoms with van der Waals surface area (Å²) in [4.78, 5) is 35.4. The minimum Gasteiger partial charge on any atom is -0.339 e. The quantitative estimate of drug-likeness (QED) is 0.635. The number of hydrogen-bond acceptors (Lipinski definition) is 3. The van der Waals surface area contributed by atoms with Gasteiger partial charge in [-0.3, -0.25) is 14.4 Å². The van der Waals surface area contributed by atoms with Crippen molar-refractivity contribution in [2.24, 2.45) is 0 Å². The van der Waals surface area contributed by atoms with Gasteiger partial charge in [-0.2, -0.15) is 0 Å². The fraction of sp³-hybridized carbons (Fsp3) is 0.0625. The number of carbonyl (C=O) groups excluding carboxylic acids is 3. The van der Waals surface area contributed by atoms with Crippen molar-refractivity contribution < 1.29 is 14.4 Å². The molecule has 0 heterocycles. The highest BCUT2D eigenvalue weighted by atomic mass is 35.5. The summed E-state index contributed by atoms with van der Waals surface area (Å²) in [6, 6.07) is 8.88. The van der Waals surface area contributed by atoms with Crippen molar-refractivity contribution in [3.63, 3.8) is 0 Å². The maximum atomic E-state index is 11.9. The number of anilines is 2. The van der Waals surface area contributed by atoms with Crippen LogP contribution in [0, 0.1) is 0 Å². The van der Waals surface area contributed by atoms with Gasteiger partial charge in [-0.25, -0.2) is 0 Å². The molecule has 3 amide bonds. The van der Waals surface area contributed by atoms with Gasteiger partial charge in [0, 0.05) is 10.7 Å². The van der Waals surface area contributed by atoms with Crippen LogP contribution in [-0.2, 0) is 14.4 Å². The van der Waals surface area contributed by atoms with Crippen LogP contribution in [0.3, 0.4) is 0 Å². The molecule has 0 aliphatic heterocycles. The molecule has 0 atom stereocenters. The van der Waals surface area contributed by atoms with Crippen molar-refractivity contribution in [2.45, 2.75) is 0 Å². The Kier molecular flexibility index (Phi) is 7.11. The third-order valence-corrected chi connectivity index (χ3v) is 4.30. The predicted molar refractivity (Wildman–Crippen MR) is 103 cm³/mol. The first kappa shape index (κ1) is 20.3. The Morgan fingerprint density at radius 1 is 0.769 bits per heavy atom. The maximum absolute atomic E-state index is 11.9.